The molecular formula is C14H23N3O2S. The van der Waals surface area contributed by atoms with E-state index in [1.54, 1.807) is 0 Å². The third-order valence-corrected chi connectivity index (χ3v) is 4.89. The fourth-order valence-electron chi connectivity index (χ4n) is 2.82. The Hall–Kier alpha value is -1.01. The van der Waals surface area contributed by atoms with Crippen LogP contribution >= 0.6 is 11.5 Å². The molecule has 1 aliphatic rings. The highest BCUT2D eigenvalue weighted by Gasteiger charge is 2.32. The number of nitrogens with zero attached hydrogens (tertiary/aromatic N) is 2. The summed E-state index contributed by atoms with van der Waals surface area (Å²) < 4.78 is 3.88. The number of nitrogens with one attached hydrogen (secondary N) is 1. The van der Waals surface area contributed by atoms with E-state index in [1.165, 1.54) is 6.42 Å². The Morgan fingerprint density at radius 1 is 1.40 bits per heavy atom. The number of aromatic nitrogens is 2. The van der Waals surface area contributed by atoms with Gasteiger partial charge in [-0.25, -0.2) is 0 Å². The molecule has 20 heavy (non-hydrogen) atoms. The molecule has 1 saturated carbocycles. The zero-order chi connectivity index (χ0) is 14.4. The molecule has 6 heteroatoms. The molecule has 1 aromatic heterocycles. The van der Waals surface area contributed by atoms with Crippen molar-refractivity contribution in [2.45, 2.75) is 51.9 Å². The average Bonchev–Trinajstić information content (AvgIpc) is 2.94. The van der Waals surface area contributed by atoms with E-state index in [2.05, 4.69) is 21.8 Å². The van der Waals surface area contributed by atoms with Crippen LogP contribution in [0.3, 0.4) is 0 Å². The minimum Gasteiger partial charge on any atom is -0.396 e. The number of carbonyl (C=O) groups excluding carboxylic acids is 1. The van der Waals surface area contributed by atoms with Crippen LogP contribution in [0.2, 0.25) is 0 Å². The quantitative estimate of drug-likeness (QED) is 0.844. The number of aliphatic hydroxyl groups excluding tert-OH is 1. The van der Waals surface area contributed by atoms with Gasteiger partial charge in [-0.05, 0) is 30.8 Å². The van der Waals surface area contributed by atoms with Crippen molar-refractivity contribution in [3.63, 3.8) is 0 Å². The van der Waals surface area contributed by atoms with Gasteiger partial charge in [0.05, 0.1) is 12.3 Å². The van der Waals surface area contributed by atoms with Crippen molar-refractivity contribution in [3.05, 3.63) is 10.6 Å². The Labute approximate surface area is 123 Å². The summed E-state index contributed by atoms with van der Waals surface area (Å²) in [5, 5.41) is 16.6. The molecule has 2 N–H and O–H groups in total. The van der Waals surface area contributed by atoms with Crippen molar-refractivity contribution >= 4 is 17.4 Å². The number of amides is 1. The maximum atomic E-state index is 12.2. The van der Waals surface area contributed by atoms with E-state index < -0.39 is 0 Å². The lowest BCUT2D eigenvalue weighted by Crippen LogP contribution is -2.41. The number of aliphatic hydroxyl groups is 1. The summed E-state index contributed by atoms with van der Waals surface area (Å²) in [5.74, 6) is -0.0955. The summed E-state index contributed by atoms with van der Waals surface area (Å²) in [7, 11) is 0. The van der Waals surface area contributed by atoms with Crippen LogP contribution in [0.4, 0.5) is 0 Å². The van der Waals surface area contributed by atoms with Crippen LogP contribution < -0.4 is 5.32 Å². The molecule has 0 aliphatic heterocycles. The van der Waals surface area contributed by atoms with E-state index in [9.17, 15) is 9.90 Å². The monoisotopic (exact) mass is 297 g/mol. The van der Waals surface area contributed by atoms with Gasteiger partial charge in [-0.3, -0.25) is 4.79 Å². The lowest BCUT2D eigenvalue weighted by Gasteiger charge is -2.35. The first-order valence-electron chi connectivity index (χ1n) is 7.41. The van der Waals surface area contributed by atoms with Crippen molar-refractivity contribution in [2.24, 2.45) is 5.41 Å². The smallest absolute Gasteiger partial charge is 0.264 e. The minimum absolute atomic E-state index is 0.0955. The highest BCUT2D eigenvalue weighted by Crippen LogP contribution is 2.35. The molecule has 0 unspecified atom stereocenters. The molecule has 0 atom stereocenters. The van der Waals surface area contributed by atoms with Gasteiger partial charge in [0, 0.05) is 12.0 Å². The van der Waals surface area contributed by atoms with Gasteiger partial charge >= 0.3 is 0 Å². The van der Waals surface area contributed by atoms with Crippen LogP contribution in [-0.2, 0) is 6.42 Å². The van der Waals surface area contributed by atoms with Crippen molar-refractivity contribution < 1.29 is 9.90 Å². The zero-order valence-electron chi connectivity index (χ0n) is 12.0. The number of hydrogen-bond donors (Lipinski definition) is 2. The Kier molecular flexibility index (Phi) is 5.48. The topological polar surface area (TPSA) is 75.1 Å². The SMILES string of the molecule is CCCc1nnsc1C(=O)NCC1(CO)CCCCC1. The lowest BCUT2D eigenvalue weighted by molar-refractivity contribution is 0.0719. The molecule has 0 bridgehead atoms. The summed E-state index contributed by atoms with van der Waals surface area (Å²) in [6.45, 7) is 2.76. The lowest BCUT2D eigenvalue weighted by atomic mass is 9.74. The molecule has 1 heterocycles. The third kappa shape index (κ3) is 3.55. The summed E-state index contributed by atoms with van der Waals surface area (Å²) in [4.78, 5) is 12.9. The van der Waals surface area contributed by atoms with Gasteiger partial charge in [0.1, 0.15) is 4.88 Å². The van der Waals surface area contributed by atoms with Crippen LogP contribution in [0, 0.1) is 5.41 Å². The number of hydrogen-bond acceptors (Lipinski definition) is 5. The molecule has 0 spiro atoms. The Bertz CT molecular complexity index is 441. The van der Waals surface area contributed by atoms with Gasteiger partial charge in [-0.1, -0.05) is 37.1 Å². The zero-order valence-corrected chi connectivity index (χ0v) is 12.8. The standard InChI is InChI=1S/C14H23N3O2S/c1-2-6-11-12(20-17-16-11)13(19)15-9-14(10-18)7-4-3-5-8-14/h18H,2-10H2,1H3,(H,15,19). The van der Waals surface area contributed by atoms with E-state index in [-0.39, 0.29) is 17.9 Å². The molecule has 112 valence electrons. The molecule has 0 aromatic carbocycles. The predicted molar refractivity (Wildman–Crippen MR) is 78.8 cm³/mol. The first kappa shape index (κ1) is 15.4. The second-order valence-electron chi connectivity index (χ2n) is 5.70. The van der Waals surface area contributed by atoms with E-state index in [4.69, 9.17) is 0 Å². The van der Waals surface area contributed by atoms with Crippen LogP contribution in [0.1, 0.15) is 60.8 Å². The van der Waals surface area contributed by atoms with Gasteiger partial charge in [-0.15, -0.1) is 5.10 Å². The molecule has 0 radical (unpaired) electrons. The maximum Gasteiger partial charge on any atom is 0.264 e. The van der Waals surface area contributed by atoms with Crippen LogP contribution in [0.5, 0.6) is 0 Å². The summed E-state index contributed by atoms with van der Waals surface area (Å²) >= 11 is 1.16. The minimum atomic E-state index is -0.128. The summed E-state index contributed by atoms with van der Waals surface area (Å²) in [5.41, 5.74) is 0.661. The molecule has 1 amide bonds. The number of rotatable bonds is 6. The molecule has 5 nitrogen and oxygen atoms in total. The van der Waals surface area contributed by atoms with Crippen LogP contribution in [0.25, 0.3) is 0 Å². The third-order valence-electron chi connectivity index (χ3n) is 4.12. The van der Waals surface area contributed by atoms with Gasteiger partial charge in [0.25, 0.3) is 5.91 Å². The van der Waals surface area contributed by atoms with Crippen molar-refractivity contribution in [1.82, 2.24) is 14.9 Å². The average molecular weight is 297 g/mol. The predicted octanol–water partition coefficient (Wildman–Crippen LogP) is 2.16. The van der Waals surface area contributed by atoms with Gasteiger partial charge in [-0.2, -0.15) is 0 Å². The molecule has 0 saturated heterocycles. The van der Waals surface area contributed by atoms with Crippen molar-refractivity contribution in [1.29, 1.82) is 0 Å². The maximum absolute atomic E-state index is 12.2. The number of carbonyl (C=O) groups is 1. The fraction of sp³-hybridized carbons (Fsp3) is 0.786. The molecule has 1 aliphatic carbocycles. The molecule has 1 fully saturated rings. The number of aryl methyl sites for hydroxylation is 1. The Morgan fingerprint density at radius 3 is 2.80 bits per heavy atom. The highest BCUT2D eigenvalue weighted by molar-refractivity contribution is 7.08. The normalized spacial score (nSPS) is 17.9. The van der Waals surface area contributed by atoms with Gasteiger partial charge in [0.15, 0.2) is 0 Å². The summed E-state index contributed by atoms with van der Waals surface area (Å²) in [6.07, 6.45) is 7.23. The largest absolute Gasteiger partial charge is 0.396 e. The van der Waals surface area contributed by atoms with Crippen LogP contribution in [-0.4, -0.2) is 33.8 Å². The van der Waals surface area contributed by atoms with E-state index >= 15 is 0 Å². The van der Waals surface area contributed by atoms with E-state index in [0.717, 1.165) is 55.8 Å². The van der Waals surface area contributed by atoms with Gasteiger partial charge < -0.3 is 10.4 Å². The Morgan fingerprint density at radius 2 is 2.15 bits per heavy atom. The fourth-order valence-corrected chi connectivity index (χ4v) is 3.45. The summed E-state index contributed by atoms with van der Waals surface area (Å²) in [6, 6.07) is 0. The van der Waals surface area contributed by atoms with Crippen molar-refractivity contribution in [2.75, 3.05) is 13.2 Å². The second-order valence-corrected chi connectivity index (χ2v) is 6.45. The van der Waals surface area contributed by atoms with E-state index in [1.807, 2.05) is 0 Å². The van der Waals surface area contributed by atoms with Crippen molar-refractivity contribution in [3.8, 4) is 0 Å². The molecule has 1 aromatic rings. The second kappa shape index (κ2) is 7.13. The van der Waals surface area contributed by atoms with Crippen LogP contribution in [0.15, 0.2) is 0 Å². The molecule has 2 rings (SSSR count). The first-order valence-corrected chi connectivity index (χ1v) is 8.18. The first-order chi connectivity index (χ1) is 9.71. The molecular weight excluding hydrogens is 274 g/mol. The Balaban J connectivity index is 1.95. The van der Waals surface area contributed by atoms with Gasteiger partial charge in [0.2, 0.25) is 0 Å². The highest BCUT2D eigenvalue weighted by atomic mass is 32.1. The van der Waals surface area contributed by atoms with E-state index in [0.29, 0.717) is 11.4 Å².